The average Bonchev–Trinajstić information content (AvgIpc) is 3.32. The number of halogens is 1. The standard InChI is InChI=1S/C26H34ClN3O5S/c1-18-8-7-9-20(14-18)16-29(19(2)26(32)28-21-10-5-6-11-21)25(31)17-30(36(4,33)34)22-12-13-24(35-3)23(27)15-22/h7-9,12-15,19,21H,5-6,10-11,16-17H2,1-4H3,(H,28,32)/t19-/m0/s1. The van der Waals surface area contributed by atoms with Crippen LogP contribution < -0.4 is 14.4 Å². The number of carbonyl (C=O) groups is 2. The van der Waals surface area contributed by atoms with Gasteiger partial charge in [-0.25, -0.2) is 8.42 Å². The number of nitrogens with zero attached hydrogens (tertiary/aromatic N) is 2. The molecule has 10 heteroatoms. The molecule has 2 aromatic carbocycles. The Kier molecular flexibility index (Phi) is 9.24. The van der Waals surface area contributed by atoms with E-state index in [9.17, 15) is 18.0 Å². The van der Waals surface area contributed by atoms with E-state index in [1.807, 2.05) is 31.2 Å². The van der Waals surface area contributed by atoms with E-state index in [-0.39, 0.29) is 29.2 Å². The second kappa shape index (κ2) is 12.0. The Hall–Kier alpha value is -2.78. The Bertz CT molecular complexity index is 1200. The number of nitrogens with one attached hydrogen (secondary N) is 1. The summed E-state index contributed by atoms with van der Waals surface area (Å²) in [6, 6.07) is 11.5. The van der Waals surface area contributed by atoms with Crippen molar-refractivity contribution in [2.75, 3.05) is 24.2 Å². The highest BCUT2D eigenvalue weighted by Gasteiger charge is 2.31. The highest BCUT2D eigenvalue weighted by Crippen LogP contribution is 2.30. The van der Waals surface area contributed by atoms with E-state index in [0.29, 0.717) is 5.75 Å². The van der Waals surface area contributed by atoms with Gasteiger partial charge in [0, 0.05) is 12.6 Å². The lowest BCUT2D eigenvalue weighted by Crippen LogP contribution is -2.52. The summed E-state index contributed by atoms with van der Waals surface area (Å²) in [6.45, 7) is 3.31. The smallest absolute Gasteiger partial charge is 0.244 e. The molecule has 36 heavy (non-hydrogen) atoms. The molecule has 196 valence electrons. The van der Waals surface area contributed by atoms with Gasteiger partial charge in [0.05, 0.1) is 24.1 Å². The minimum absolute atomic E-state index is 0.102. The molecule has 2 amide bonds. The molecule has 8 nitrogen and oxygen atoms in total. The molecule has 0 bridgehead atoms. The molecule has 1 saturated carbocycles. The SMILES string of the molecule is COc1ccc(N(CC(=O)N(Cc2cccc(C)c2)[C@@H](C)C(=O)NC2CCCC2)S(C)(=O)=O)cc1Cl. The highest BCUT2D eigenvalue weighted by atomic mass is 35.5. The van der Waals surface area contributed by atoms with Crippen molar-refractivity contribution in [2.45, 2.75) is 58.2 Å². The van der Waals surface area contributed by atoms with Crippen molar-refractivity contribution in [3.63, 3.8) is 0 Å². The Balaban J connectivity index is 1.90. The molecule has 0 spiro atoms. The molecule has 0 saturated heterocycles. The van der Waals surface area contributed by atoms with Crippen LogP contribution in [0.25, 0.3) is 0 Å². The largest absolute Gasteiger partial charge is 0.495 e. The number of rotatable bonds is 10. The van der Waals surface area contributed by atoms with Gasteiger partial charge in [-0.05, 0) is 50.5 Å². The summed E-state index contributed by atoms with van der Waals surface area (Å²) < 4.78 is 31.5. The lowest BCUT2D eigenvalue weighted by atomic mass is 10.1. The summed E-state index contributed by atoms with van der Waals surface area (Å²) in [5.41, 5.74) is 2.10. The number of sulfonamides is 1. The zero-order chi connectivity index (χ0) is 26.5. The number of benzene rings is 2. The van der Waals surface area contributed by atoms with E-state index in [1.165, 1.54) is 24.1 Å². The summed E-state index contributed by atoms with van der Waals surface area (Å²) in [4.78, 5) is 28.2. The zero-order valence-electron chi connectivity index (χ0n) is 21.2. The van der Waals surface area contributed by atoms with E-state index in [1.54, 1.807) is 13.0 Å². The lowest BCUT2D eigenvalue weighted by Gasteiger charge is -2.32. The van der Waals surface area contributed by atoms with Crippen LogP contribution in [0.5, 0.6) is 5.75 Å². The molecule has 0 radical (unpaired) electrons. The van der Waals surface area contributed by atoms with E-state index in [0.717, 1.165) is 47.4 Å². The van der Waals surface area contributed by atoms with E-state index in [4.69, 9.17) is 16.3 Å². The first-order chi connectivity index (χ1) is 17.0. The van der Waals surface area contributed by atoms with Crippen LogP contribution in [-0.2, 0) is 26.2 Å². The first-order valence-electron chi connectivity index (χ1n) is 12.0. The molecule has 1 aliphatic carbocycles. The fraction of sp³-hybridized carbons (Fsp3) is 0.462. The Morgan fingerprint density at radius 1 is 1.17 bits per heavy atom. The molecule has 0 unspecified atom stereocenters. The quantitative estimate of drug-likeness (QED) is 0.498. The number of amides is 2. The van der Waals surface area contributed by atoms with Crippen molar-refractivity contribution in [2.24, 2.45) is 0 Å². The van der Waals surface area contributed by atoms with Gasteiger partial charge >= 0.3 is 0 Å². The van der Waals surface area contributed by atoms with Crippen molar-refractivity contribution in [3.8, 4) is 5.75 Å². The van der Waals surface area contributed by atoms with E-state index < -0.39 is 28.5 Å². The number of hydrogen-bond acceptors (Lipinski definition) is 5. The minimum Gasteiger partial charge on any atom is -0.495 e. The normalized spacial score (nSPS) is 14.8. The number of carbonyl (C=O) groups excluding carboxylic acids is 2. The molecule has 0 aromatic heterocycles. The first kappa shape index (κ1) is 27.8. The zero-order valence-corrected chi connectivity index (χ0v) is 22.7. The maximum Gasteiger partial charge on any atom is 0.244 e. The molecular formula is C26H34ClN3O5S. The predicted molar refractivity (Wildman–Crippen MR) is 142 cm³/mol. The van der Waals surface area contributed by atoms with E-state index in [2.05, 4.69) is 5.32 Å². The second-order valence-electron chi connectivity index (χ2n) is 9.27. The second-order valence-corrected chi connectivity index (χ2v) is 11.6. The molecule has 0 heterocycles. The van der Waals surface area contributed by atoms with Gasteiger partial charge in [0.15, 0.2) is 0 Å². The van der Waals surface area contributed by atoms with Crippen molar-refractivity contribution in [3.05, 3.63) is 58.6 Å². The Morgan fingerprint density at radius 2 is 1.86 bits per heavy atom. The fourth-order valence-electron chi connectivity index (χ4n) is 4.41. The van der Waals surface area contributed by atoms with Gasteiger partial charge < -0.3 is 15.0 Å². The monoisotopic (exact) mass is 535 g/mol. The van der Waals surface area contributed by atoms with Crippen LogP contribution in [0.15, 0.2) is 42.5 Å². The third kappa shape index (κ3) is 7.13. The molecule has 1 aliphatic rings. The maximum absolute atomic E-state index is 13.6. The Labute approximate surface area is 218 Å². The van der Waals surface area contributed by atoms with Crippen molar-refractivity contribution in [1.29, 1.82) is 0 Å². The average molecular weight is 536 g/mol. The molecule has 3 rings (SSSR count). The number of aryl methyl sites for hydroxylation is 1. The number of methoxy groups -OCH3 is 1. The van der Waals surface area contributed by atoms with Crippen LogP contribution >= 0.6 is 11.6 Å². The number of hydrogen-bond donors (Lipinski definition) is 1. The van der Waals surface area contributed by atoms with Gasteiger partial charge in [-0.3, -0.25) is 13.9 Å². The topological polar surface area (TPSA) is 96.0 Å². The summed E-state index contributed by atoms with van der Waals surface area (Å²) >= 11 is 6.22. The summed E-state index contributed by atoms with van der Waals surface area (Å²) in [7, 11) is -2.38. The van der Waals surface area contributed by atoms with Gasteiger partial charge in [0.2, 0.25) is 21.8 Å². The van der Waals surface area contributed by atoms with Gasteiger partial charge in [0.1, 0.15) is 18.3 Å². The fourth-order valence-corrected chi connectivity index (χ4v) is 5.50. The molecule has 0 aliphatic heterocycles. The molecular weight excluding hydrogens is 502 g/mol. The molecule has 1 atom stereocenters. The maximum atomic E-state index is 13.6. The van der Waals surface area contributed by atoms with Crippen molar-refractivity contribution in [1.82, 2.24) is 10.2 Å². The van der Waals surface area contributed by atoms with Crippen molar-refractivity contribution < 1.29 is 22.7 Å². The van der Waals surface area contributed by atoms with Crippen LogP contribution in [0.3, 0.4) is 0 Å². The third-order valence-electron chi connectivity index (χ3n) is 6.41. The highest BCUT2D eigenvalue weighted by molar-refractivity contribution is 7.92. The summed E-state index contributed by atoms with van der Waals surface area (Å²) in [5, 5.41) is 3.27. The van der Waals surface area contributed by atoms with Crippen LogP contribution in [0.4, 0.5) is 5.69 Å². The van der Waals surface area contributed by atoms with Crippen LogP contribution in [0.2, 0.25) is 5.02 Å². The lowest BCUT2D eigenvalue weighted by molar-refractivity contribution is -0.139. The predicted octanol–water partition coefficient (Wildman–Crippen LogP) is 3.90. The number of ether oxygens (including phenoxy) is 1. The Morgan fingerprint density at radius 3 is 2.44 bits per heavy atom. The van der Waals surface area contributed by atoms with Crippen LogP contribution in [0.1, 0.15) is 43.7 Å². The van der Waals surface area contributed by atoms with Gasteiger partial charge in [0.25, 0.3) is 0 Å². The first-order valence-corrected chi connectivity index (χ1v) is 14.2. The van der Waals surface area contributed by atoms with E-state index >= 15 is 0 Å². The van der Waals surface area contributed by atoms with Gasteiger partial charge in [-0.2, -0.15) is 0 Å². The number of anilines is 1. The third-order valence-corrected chi connectivity index (χ3v) is 7.84. The summed E-state index contributed by atoms with van der Waals surface area (Å²) in [6.07, 6.45) is 5.01. The molecule has 1 N–H and O–H groups in total. The van der Waals surface area contributed by atoms with Gasteiger partial charge in [-0.15, -0.1) is 0 Å². The van der Waals surface area contributed by atoms with Crippen LogP contribution in [-0.4, -0.2) is 57.1 Å². The molecule has 1 fully saturated rings. The minimum atomic E-state index is -3.84. The van der Waals surface area contributed by atoms with Gasteiger partial charge in [-0.1, -0.05) is 54.3 Å². The van der Waals surface area contributed by atoms with Crippen LogP contribution in [0, 0.1) is 6.92 Å². The summed E-state index contributed by atoms with van der Waals surface area (Å²) in [5.74, 6) is -0.359. The molecule has 2 aromatic rings. The van der Waals surface area contributed by atoms with Crippen molar-refractivity contribution >= 4 is 39.1 Å².